The predicted octanol–water partition coefficient (Wildman–Crippen LogP) is 0.165. The minimum absolute atomic E-state index is 0.0197. The molecule has 1 rings (SSSR count). The van der Waals surface area contributed by atoms with Gasteiger partial charge in [0.15, 0.2) is 0 Å². The van der Waals surface area contributed by atoms with E-state index in [0.29, 0.717) is 19.8 Å². The van der Waals surface area contributed by atoms with Crippen LogP contribution in [0.1, 0.15) is 20.8 Å². The van der Waals surface area contributed by atoms with Crippen molar-refractivity contribution in [2.45, 2.75) is 26.8 Å². The fraction of sp³-hybridized carbons (Fsp3) is 0.923. The summed E-state index contributed by atoms with van der Waals surface area (Å²) < 4.78 is 5.32. The average molecular weight is 257 g/mol. The molecular weight excluding hydrogens is 230 g/mol. The summed E-state index contributed by atoms with van der Waals surface area (Å²) in [7, 11) is 0. The van der Waals surface area contributed by atoms with Gasteiger partial charge in [-0.1, -0.05) is 0 Å². The summed E-state index contributed by atoms with van der Waals surface area (Å²) in [6, 6.07) is -0.0197. The van der Waals surface area contributed by atoms with Crippen molar-refractivity contribution in [1.29, 1.82) is 0 Å². The fourth-order valence-electron chi connectivity index (χ4n) is 2.23. The topological polar surface area (TPSA) is 44.8 Å². The van der Waals surface area contributed by atoms with Crippen molar-refractivity contribution in [2.75, 3.05) is 52.5 Å². The highest BCUT2D eigenvalue weighted by Gasteiger charge is 2.25. The Morgan fingerprint density at radius 3 is 2.61 bits per heavy atom. The average Bonchev–Trinajstić information content (AvgIpc) is 2.43. The van der Waals surface area contributed by atoms with Crippen molar-refractivity contribution in [3.8, 4) is 0 Å². The van der Waals surface area contributed by atoms with Gasteiger partial charge in [0.2, 0.25) is 5.91 Å². The van der Waals surface area contributed by atoms with E-state index in [2.05, 4.69) is 10.2 Å². The summed E-state index contributed by atoms with van der Waals surface area (Å²) in [5.41, 5.74) is 0. The molecule has 1 unspecified atom stereocenters. The molecular formula is C13H27N3O2. The standard InChI is InChI=1S/C13H27N3O2/c1-4-15(10-11-18-5-2)13(17)12(3)16-8-6-14-7-9-16/h12,14H,4-11H2,1-3H3. The molecule has 1 fully saturated rings. The van der Waals surface area contributed by atoms with E-state index in [1.165, 1.54) is 0 Å². The number of amides is 1. The maximum atomic E-state index is 12.4. The van der Waals surface area contributed by atoms with Crippen LogP contribution in [0.4, 0.5) is 0 Å². The number of carbonyl (C=O) groups excluding carboxylic acids is 1. The minimum Gasteiger partial charge on any atom is -0.380 e. The van der Waals surface area contributed by atoms with Crippen LogP contribution in [0.15, 0.2) is 0 Å². The number of likely N-dealkylation sites (N-methyl/N-ethyl adjacent to an activating group) is 1. The van der Waals surface area contributed by atoms with Crippen molar-refractivity contribution in [3.05, 3.63) is 0 Å². The monoisotopic (exact) mass is 257 g/mol. The number of hydrogen-bond acceptors (Lipinski definition) is 4. The Labute approximate surface area is 110 Å². The van der Waals surface area contributed by atoms with E-state index in [9.17, 15) is 4.79 Å². The van der Waals surface area contributed by atoms with Gasteiger partial charge in [-0.3, -0.25) is 9.69 Å². The predicted molar refractivity (Wildman–Crippen MR) is 72.7 cm³/mol. The molecule has 1 N–H and O–H groups in total. The third-order valence-electron chi connectivity index (χ3n) is 3.46. The first-order chi connectivity index (χ1) is 8.70. The molecule has 106 valence electrons. The highest BCUT2D eigenvalue weighted by Crippen LogP contribution is 2.05. The summed E-state index contributed by atoms with van der Waals surface area (Å²) >= 11 is 0. The van der Waals surface area contributed by atoms with Gasteiger partial charge in [0.1, 0.15) is 0 Å². The lowest BCUT2D eigenvalue weighted by Crippen LogP contribution is -2.53. The molecule has 5 nitrogen and oxygen atoms in total. The molecule has 1 atom stereocenters. The quantitative estimate of drug-likeness (QED) is 0.660. The van der Waals surface area contributed by atoms with Crippen molar-refractivity contribution in [2.24, 2.45) is 0 Å². The summed E-state index contributed by atoms with van der Waals surface area (Å²) in [6.07, 6.45) is 0. The first-order valence-electron chi connectivity index (χ1n) is 7.02. The summed E-state index contributed by atoms with van der Waals surface area (Å²) in [4.78, 5) is 16.5. The number of carbonyl (C=O) groups is 1. The van der Waals surface area contributed by atoms with Crippen LogP contribution in [0.3, 0.4) is 0 Å². The maximum Gasteiger partial charge on any atom is 0.239 e. The zero-order valence-electron chi connectivity index (χ0n) is 11.9. The summed E-state index contributed by atoms with van der Waals surface area (Å²) in [5, 5.41) is 3.31. The van der Waals surface area contributed by atoms with Gasteiger partial charge in [0, 0.05) is 45.9 Å². The van der Waals surface area contributed by atoms with Crippen LogP contribution in [-0.4, -0.2) is 74.2 Å². The first kappa shape index (κ1) is 15.4. The van der Waals surface area contributed by atoms with Crippen molar-refractivity contribution in [1.82, 2.24) is 15.1 Å². The molecule has 1 aliphatic rings. The molecule has 0 saturated carbocycles. The Hall–Kier alpha value is -0.650. The summed E-state index contributed by atoms with van der Waals surface area (Å²) in [6.45, 7) is 12.6. The third-order valence-corrected chi connectivity index (χ3v) is 3.46. The number of rotatable bonds is 7. The van der Waals surface area contributed by atoms with Gasteiger partial charge in [0.05, 0.1) is 12.6 Å². The van der Waals surface area contributed by atoms with E-state index in [1.807, 2.05) is 25.7 Å². The van der Waals surface area contributed by atoms with Crippen LogP contribution in [-0.2, 0) is 9.53 Å². The molecule has 1 heterocycles. The maximum absolute atomic E-state index is 12.4. The molecule has 0 spiro atoms. The molecule has 0 aromatic carbocycles. The summed E-state index contributed by atoms with van der Waals surface area (Å²) in [5.74, 6) is 0.221. The molecule has 0 bridgehead atoms. The van der Waals surface area contributed by atoms with Crippen LogP contribution >= 0.6 is 0 Å². The second-order valence-corrected chi connectivity index (χ2v) is 4.58. The Bertz CT molecular complexity index is 242. The molecule has 0 aromatic heterocycles. The molecule has 18 heavy (non-hydrogen) atoms. The lowest BCUT2D eigenvalue weighted by molar-refractivity contribution is -0.137. The number of nitrogens with zero attached hydrogens (tertiary/aromatic N) is 2. The Morgan fingerprint density at radius 1 is 1.39 bits per heavy atom. The molecule has 0 aliphatic carbocycles. The number of hydrogen-bond donors (Lipinski definition) is 1. The lowest BCUT2D eigenvalue weighted by Gasteiger charge is -2.34. The van der Waals surface area contributed by atoms with Crippen LogP contribution in [0, 0.1) is 0 Å². The molecule has 0 aromatic rings. The highest BCUT2D eigenvalue weighted by molar-refractivity contribution is 5.81. The van der Waals surface area contributed by atoms with Gasteiger partial charge in [0.25, 0.3) is 0 Å². The van der Waals surface area contributed by atoms with Crippen molar-refractivity contribution >= 4 is 5.91 Å². The van der Waals surface area contributed by atoms with Crippen molar-refractivity contribution < 1.29 is 9.53 Å². The fourth-order valence-corrected chi connectivity index (χ4v) is 2.23. The van der Waals surface area contributed by atoms with E-state index in [4.69, 9.17) is 4.74 Å². The number of nitrogens with one attached hydrogen (secondary N) is 1. The smallest absolute Gasteiger partial charge is 0.239 e. The minimum atomic E-state index is -0.0197. The van der Waals surface area contributed by atoms with Crippen LogP contribution in [0.5, 0.6) is 0 Å². The zero-order chi connectivity index (χ0) is 13.4. The van der Waals surface area contributed by atoms with Gasteiger partial charge < -0.3 is 15.0 Å². The Kier molecular flexibility index (Phi) is 7.23. The largest absolute Gasteiger partial charge is 0.380 e. The third kappa shape index (κ3) is 4.55. The van der Waals surface area contributed by atoms with Gasteiger partial charge in [-0.15, -0.1) is 0 Å². The SMILES string of the molecule is CCOCCN(CC)C(=O)C(C)N1CCNCC1. The van der Waals surface area contributed by atoms with E-state index in [1.54, 1.807) is 0 Å². The van der Waals surface area contributed by atoms with E-state index in [0.717, 1.165) is 32.7 Å². The normalized spacial score (nSPS) is 18.6. The van der Waals surface area contributed by atoms with E-state index in [-0.39, 0.29) is 11.9 Å². The molecule has 1 saturated heterocycles. The lowest BCUT2D eigenvalue weighted by atomic mass is 10.2. The van der Waals surface area contributed by atoms with E-state index < -0.39 is 0 Å². The van der Waals surface area contributed by atoms with Gasteiger partial charge >= 0.3 is 0 Å². The second-order valence-electron chi connectivity index (χ2n) is 4.58. The molecule has 0 radical (unpaired) electrons. The van der Waals surface area contributed by atoms with Gasteiger partial charge in [-0.05, 0) is 20.8 Å². The van der Waals surface area contributed by atoms with Crippen molar-refractivity contribution in [3.63, 3.8) is 0 Å². The molecule has 1 aliphatic heterocycles. The number of piperazine rings is 1. The van der Waals surface area contributed by atoms with Crippen LogP contribution < -0.4 is 5.32 Å². The molecule has 1 amide bonds. The molecule has 5 heteroatoms. The second kappa shape index (κ2) is 8.45. The van der Waals surface area contributed by atoms with Gasteiger partial charge in [-0.2, -0.15) is 0 Å². The highest BCUT2D eigenvalue weighted by atomic mass is 16.5. The zero-order valence-corrected chi connectivity index (χ0v) is 11.9. The van der Waals surface area contributed by atoms with Crippen LogP contribution in [0.2, 0.25) is 0 Å². The van der Waals surface area contributed by atoms with Crippen LogP contribution in [0.25, 0.3) is 0 Å². The Morgan fingerprint density at radius 2 is 2.06 bits per heavy atom. The first-order valence-corrected chi connectivity index (χ1v) is 7.02. The van der Waals surface area contributed by atoms with E-state index >= 15 is 0 Å². The number of ether oxygens (including phenoxy) is 1. The van der Waals surface area contributed by atoms with Gasteiger partial charge in [-0.25, -0.2) is 0 Å². The Balaban J connectivity index is 2.42.